The molecule has 1 N–H and O–H groups in total. The van der Waals surface area contributed by atoms with E-state index in [4.69, 9.17) is 9.15 Å². The minimum absolute atomic E-state index is 0.392. The maximum absolute atomic E-state index is 5.92. The minimum atomic E-state index is 0.392. The van der Waals surface area contributed by atoms with Crippen LogP contribution in [0.25, 0.3) is 0 Å². The highest BCUT2D eigenvalue weighted by Crippen LogP contribution is 2.16. The Morgan fingerprint density at radius 1 is 1.42 bits per heavy atom. The van der Waals surface area contributed by atoms with Gasteiger partial charge in [0.25, 0.3) is 0 Å². The van der Waals surface area contributed by atoms with E-state index in [1.807, 2.05) is 6.26 Å². The van der Waals surface area contributed by atoms with Gasteiger partial charge in [-0.05, 0) is 38.9 Å². The standard InChI is InChI=1S/C15H26N2O2/c1-3-6-16-10-13-9-15(18-11-13)12-19-14-4-7-17(2)8-5-14/h9,11,14,16H,3-8,10,12H2,1-2H3. The van der Waals surface area contributed by atoms with Gasteiger partial charge in [0, 0.05) is 25.2 Å². The first-order valence-corrected chi connectivity index (χ1v) is 7.35. The van der Waals surface area contributed by atoms with Crippen molar-refractivity contribution in [2.75, 3.05) is 26.7 Å². The van der Waals surface area contributed by atoms with E-state index in [1.54, 1.807) is 0 Å². The molecule has 1 aliphatic heterocycles. The molecule has 4 nitrogen and oxygen atoms in total. The van der Waals surface area contributed by atoms with Gasteiger partial charge in [0.2, 0.25) is 0 Å². The van der Waals surface area contributed by atoms with Crippen LogP contribution in [0.4, 0.5) is 0 Å². The first kappa shape index (κ1) is 14.6. The highest BCUT2D eigenvalue weighted by Gasteiger charge is 2.17. The van der Waals surface area contributed by atoms with E-state index in [0.717, 1.165) is 51.2 Å². The second-order valence-corrected chi connectivity index (χ2v) is 5.41. The van der Waals surface area contributed by atoms with Crippen LogP contribution in [-0.2, 0) is 17.9 Å². The van der Waals surface area contributed by atoms with E-state index in [2.05, 4.69) is 30.3 Å². The van der Waals surface area contributed by atoms with Gasteiger partial charge in [0.05, 0.1) is 12.4 Å². The highest BCUT2D eigenvalue weighted by molar-refractivity contribution is 5.12. The van der Waals surface area contributed by atoms with Crippen molar-refractivity contribution in [3.8, 4) is 0 Å². The average molecular weight is 266 g/mol. The van der Waals surface area contributed by atoms with Crippen LogP contribution in [-0.4, -0.2) is 37.7 Å². The summed E-state index contributed by atoms with van der Waals surface area (Å²) in [5, 5.41) is 3.37. The molecule has 0 bridgehead atoms. The Hall–Kier alpha value is -0.840. The Morgan fingerprint density at radius 3 is 2.95 bits per heavy atom. The van der Waals surface area contributed by atoms with Crippen LogP contribution in [0, 0.1) is 0 Å². The van der Waals surface area contributed by atoms with E-state index in [9.17, 15) is 0 Å². The quantitative estimate of drug-likeness (QED) is 0.769. The predicted molar refractivity (Wildman–Crippen MR) is 76.0 cm³/mol. The normalized spacial score (nSPS) is 18.0. The zero-order chi connectivity index (χ0) is 13.5. The van der Waals surface area contributed by atoms with Crippen LogP contribution in [0.15, 0.2) is 16.7 Å². The van der Waals surface area contributed by atoms with Gasteiger partial charge in [-0.15, -0.1) is 0 Å². The minimum Gasteiger partial charge on any atom is -0.467 e. The Labute approximate surface area is 116 Å². The first-order valence-electron chi connectivity index (χ1n) is 7.35. The zero-order valence-corrected chi connectivity index (χ0v) is 12.2. The van der Waals surface area contributed by atoms with Crippen LogP contribution >= 0.6 is 0 Å². The molecule has 0 aliphatic carbocycles. The van der Waals surface area contributed by atoms with Crippen molar-refractivity contribution in [3.63, 3.8) is 0 Å². The number of ether oxygens (including phenoxy) is 1. The van der Waals surface area contributed by atoms with Gasteiger partial charge in [-0.25, -0.2) is 0 Å². The van der Waals surface area contributed by atoms with Crippen LogP contribution in [0.1, 0.15) is 37.5 Å². The van der Waals surface area contributed by atoms with E-state index >= 15 is 0 Å². The average Bonchev–Trinajstić information content (AvgIpc) is 2.86. The highest BCUT2D eigenvalue weighted by atomic mass is 16.5. The summed E-state index contributed by atoms with van der Waals surface area (Å²) in [6.45, 7) is 6.97. The fourth-order valence-corrected chi connectivity index (χ4v) is 2.36. The zero-order valence-electron chi connectivity index (χ0n) is 12.2. The summed E-state index contributed by atoms with van der Waals surface area (Å²) in [6, 6.07) is 2.09. The second kappa shape index (κ2) is 7.68. The van der Waals surface area contributed by atoms with Gasteiger partial charge in [-0.3, -0.25) is 0 Å². The molecule has 0 unspecified atom stereocenters. The molecule has 108 valence electrons. The summed E-state index contributed by atoms with van der Waals surface area (Å²) in [6.07, 6.45) is 5.63. The summed E-state index contributed by atoms with van der Waals surface area (Å²) >= 11 is 0. The first-order chi connectivity index (χ1) is 9.28. The van der Waals surface area contributed by atoms with Gasteiger partial charge in [0.15, 0.2) is 0 Å². The third-order valence-electron chi connectivity index (χ3n) is 3.59. The van der Waals surface area contributed by atoms with Crippen LogP contribution in [0.5, 0.6) is 0 Å². The van der Waals surface area contributed by atoms with Crippen molar-refractivity contribution < 1.29 is 9.15 Å². The number of nitrogens with zero attached hydrogens (tertiary/aromatic N) is 1. The van der Waals surface area contributed by atoms with E-state index in [-0.39, 0.29) is 0 Å². The summed E-state index contributed by atoms with van der Waals surface area (Å²) < 4.78 is 11.4. The van der Waals surface area contributed by atoms with Gasteiger partial charge in [0.1, 0.15) is 12.4 Å². The molecule has 0 atom stereocenters. The lowest BCUT2D eigenvalue weighted by atomic mass is 10.1. The SMILES string of the molecule is CCCNCc1coc(COC2CCN(C)CC2)c1. The smallest absolute Gasteiger partial charge is 0.129 e. The number of rotatable bonds is 7. The molecule has 1 fully saturated rings. The van der Waals surface area contributed by atoms with Crippen molar-refractivity contribution in [1.29, 1.82) is 0 Å². The number of hydrogen-bond acceptors (Lipinski definition) is 4. The molecule has 0 spiro atoms. The van der Waals surface area contributed by atoms with Crippen LogP contribution < -0.4 is 5.32 Å². The van der Waals surface area contributed by atoms with Crippen molar-refractivity contribution in [2.45, 2.75) is 45.4 Å². The van der Waals surface area contributed by atoms with Gasteiger partial charge < -0.3 is 19.4 Å². The molecule has 2 rings (SSSR count). The van der Waals surface area contributed by atoms with Gasteiger partial charge in [-0.2, -0.15) is 0 Å². The molecule has 1 aromatic heterocycles. The molecule has 0 aromatic carbocycles. The topological polar surface area (TPSA) is 37.6 Å². The summed E-state index contributed by atoms with van der Waals surface area (Å²) in [5.41, 5.74) is 1.20. The summed E-state index contributed by atoms with van der Waals surface area (Å²) in [7, 11) is 2.17. The monoisotopic (exact) mass is 266 g/mol. The van der Waals surface area contributed by atoms with E-state index in [0.29, 0.717) is 12.7 Å². The maximum Gasteiger partial charge on any atom is 0.129 e. The fourth-order valence-electron chi connectivity index (χ4n) is 2.36. The largest absolute Gasteiger partial charge is 0.467 e. The predicted octanol–water partition coefficient (Wildman–Crippen LogP) is 2.39. The second-order valence-electron chi connectivity index (χ2n) is 5.41. The number of likely N-dealkylation sites (tertiary alicyclic amines) is 1. The molecule has 1 aromatic rings. The summed E-state index contributed by atoms with van der Waals surface area (Å²) in [5.74, 6) is 0.937. The van der Waals surface area contributed by atoms with E-state index in [1.165, 1.54) is 5.56 Å². The van der Waals surface area contributed by atoms with Crippen molar-refractivity contribution in [2.24, 2.45) is 0 Å². The number of hydrogen-bond donors (Lipinski definition) is 1. The van der Waals surface area contributed by atoms with Crippen molar-refractivity contribution >= 4 is 0 Å². The molecule has 1 aliphatic rings. The van der Waals surface area contributed by atoms with E-state index < -0.39 is 0 Å². The van der Waals surface area contributed by atoms with Gasteiger partial charge >= 0.3 is 0 Å². The third-order valence-corrected chi connectivity index (χ3v) is 3.59. The Morgan fingerprint density at radius 2 is 2.21 bits per heavy atom. The summed E-state index contributed by atoms with van der Waals surface area (Å²) in [4.78, 5) is 2.35. The lowest BCUT2D eigenvalue weighted by molar-refractivity contribution is -0.00478. The number of furan rings is 1. The van der Waals surface area contributed by atoms with Crippen LogP contribution in [0.3, 0.4) is 0 Å². The molecule has 4 heteroatoms. The maximum atomic E-state index is 5.92. The molecule has 0 radical (unpaired) electrons. The van der Waals surface area contributed by atoms with Gasteiger partial charge in [-0.1, -0.05) is 6.92 Å². The fraction of sp³-hybridized carbons (Fsp3) is 0.733. The molecule has 19 heavy (non-hydrogen) atoms. The van der Waals surface area contributed by atoms with Crippen LogP contribution in [0.2, 0.25) is 0 Å². The Bertz CT molecular complexity index is 357. The number of nitrogens with one attached hydrogen (secondary N) is 1. The number of piperidine rings is 1. The third kappa shape index (κ3) is 4.97. The van der Waals surface area contributed by atoms with Crippen molar-refractivity contribution in [3.05, 3.63) is 23.7 Å². The molecule has 1 saturated heterocycles. The molecule has 2 heterocycles. The lowest BCUT2D eigenvalue weighted by Crippen LogP contribution is -2.34. The Kier molecular flexibility index (Phi) is 5.89. The van der Waals surface area contributed by atoms with Crippen molar-refractivity contribution in [1.82, 2.24) is 10.2 Å². The molecule has 0 saturated carbocycles. The molecular formula is C15H26N2O2. The molecule has 0 amide bonds. The Balaban J connectivity index is 1.68. The molecular weight excluding hydrogens is 240 g/mol. The lowest BCUT2D eigenvalue weighted by Gasteiger charge is -2.28.